The monoisotopic (exact) mass is 321 g/mol. The number of nitrogens with zero attached hydrogens (tertiary/aromatic N) is 1. The first kappa shape index (κ1) is 17.3. The number of likely N-dealkylation sites (tertiary alicyclic amines) is 1. The first-order valence-electron chi connectivity index (χ1n) is 7.71. The fraction of sp³-hybridized carbons (Fsp3) is 0.529. The normalized spacial score (nSPS) is 19.9. The van der Waals surface area contributed by atoms with Gasteiger partial charge in [0.25, 0.3) is 0 Å². The Bertz CT molecular complexity index is 586. The SMILES string of the molecule is COc1ccc(C(=O)C(C)N2CCCC(C(=O)O)C2)cc1OC. The smallest absolute Gasteiger partial charge is 0.307 e. The molecular formula is C17H23NO5. The Labute approximate surface area is 136 Å². The van der Waals surface area contributed by atoms with Crippen LogP contribution in [0, 0.1) is 5.92 Å². The number of carbonyl (C=O) groups is 2. The maximum atomic E-state index is 12.7. The van der Waals surface area contributed by atoms with Gasteiger partial charge in [-0.3, -0.25) is 14.5 Å². The van der Waals surface area contributed by atoms with E-state index < -0.39 is 11.9 Å². The van der Waals surface area contributed by atoms with Crippen molar-refractivity contribution < 1.29 is 24.2 Å². The predicted molar refractivity (Wildman–Crippen MR) is 85.3 cm³/mol. The Balaban J connectivity index is 2.14. The summed E-state index contributed by atoms with van der Waals surface area (Å²) in [6.07, 6.45) is 1.46. The van der Waals surface area contributed by atoms with Gasteiger partial charge >= 0.3 is 5.97 Å². The highest BCUT2D eigenvalue weighted by molar-refractivity contribution is 6.00. The molecule has 0 saturated carbocycles. The predicted octanol–water partition coefficient (Wildman–Crippen LogP) is 2.07. The second kappa shape index (κ2) is 7.46. The summed E-state index contributed by atoms with van der Waals surface area (Å²) in [5.41, 5.74) is 0.535. The van der Waals surface area contributed by atoms with Gasteiger partial charge in [0.1, 0.15) is 0 Å². The molecular weight excluding hydrogens is 298 g/mol. The number of ether oxygens (including phenoxy) is 2. The van der Waals surface area contributed by atoms with Crippen LogP contribution in [0.4, 0.5) is 0 Å². The van der Waals surface area contributed by atoms with Crippen molar-refractivity contribution in [2.24, 2.45) is 5.92 Å². The summed E-state index contributed by atoms with van der Waals surface area (Å²) in [4.78, 5) is 25.8. The standard InChI is InChI=1S/C17H23NO5/c1-11(18-8-4-5-13(10-18)17(20)21)16(19)12-6-7-14(22-2)15(9-12)23-3/h6-7,9,11,13H,4-5,8,10H2,1-3H3,(H,20,21). The summed E-state index contributed by atoms with van der Waals surface area (Å²) in [6.45, 7) is 2.97. The second-order valence-corrected chi connectivity index (χ2v) is 5.78. The number of ketones is 1. The molecule has 126 valence electrons. The highest BCUT2D eigenvalue weighted by Crippen LogP contribution is 2.29. The number of piperidine rings is 1. The van der Waals surface area contributed by atoms with E-state index in [9.17, 15) is 14.7 Å². The van der Waals surface area contributed by atoms with E-state index in [1.54, 1.807) is 25.3 Å². The molecule has 0 bridgehead atoms. The van der Waals surface area contributed by atoms with Crippen molar-refractivity contribution in [2.45, 2.75) is 25.8 Å². The molecule has 0 aromatic heterocycles. The summed E-state index contributed by atoms with van der Waals surface area (Å²) in [5.74, 6) is -0.157. The minimum atomic E-state index is -0.791. The van der Waals surface area contributed by atoms with Gasteiger partial charge < -0.3 is 14.6 Å². The number of hydrogen-bond donors (Lipinski definition) is 1. The summed E-state index contributed by atoms with van der Waals surface area (Å²) in [6, 6.07) is 4.71. The maximum Gasteiger partial charge on any atom is 0.307 e. The molecule has 0 aliphatic carbocycles. The van der Waals surface area contributed by atoms with E-state index in [0.717, 1.165) is 13.0 Å². The van der Waals surface area contributed by atoms with Gasteiger partial charge in [-0.15, -0.1) is 0 Å². The van der Waals surface area contributed by atoms with Crippen LogP contribution in [0.5, 0.6) is 11.5 Å². The molecule has 1 N–H and O–H groups in total. The van der Waals surface area contributed by atoms with E-state index in [-0.39, 0.29) is 11.8 Å². The van der Waals surface area contributed by atoms with E-state index in [0.29, 0.717) is 30.0 Å². The molecule has 1 aromatic carbocycles. The molecule has 6 heteroatoms. The van der Waals surface area contributed by atoms with Crippen molar-refractivity contribution in [1.82, 2.24) is 4.90 Å². The lowest BCUT2D eigenvalue weighted by molar-refractivity contribution is -0.143. The number of methoxy groups -OCH3 is 2. The number of carboxylic acid groups (broad SMARTS) is 1. The Morgan fingerprint density at radius 1 is 1.26 bits per heavy atom. The van der Waals surface area contributed by atoms with Crippen LogP contribution in [0.3, 0.4) is 0 Å². The molecule has 1 saturated heterocycles. The fourth-order valence-electron chi connectivity index (χ4n) is 2.96. The molecule has 2 rings (SSSR count). The minimum Gasteiger partial charge on any atom is -0.493 e. The second-order valence-electron chi connectivity index (χ2n) is 5.78. The lowest BCUT2D eigenvalue weighted by atomic mass is 9.95. The molecule has 0 radical (unpaired) electrons. The van der Waals surface area contributed by atoms with Crippen molar-refractivity contribution in [3.63, 3.8) is 0 Å². The van der Waals surface area contributed by atoms with E-state index in [2.05, 4.69) is 0 Å². The van der Waals surface area contributed by atoms with Crippen molar-refractivity contribution in [1.29, 1.82) is 0 Å². The van der Waals surface area contributed by atoms with Crippen molar-refractivity contribution >= 4 is 11.8 Å². The number of aliphatic carboxylic acids is 1. The van der Waals surface area contributed by atoms with Gasteiger partial charge in [0.05, 0.1) is 26.2 Å². The zero-order valence-electron chi connectivity index (χ0n) is 13.7. The molecule has 2 atom stereocenters. The first-order valence-corrected chi connectivity index (χ1v) is 7.71. The van der Waals surface area contributed by atoms with Crippen LogP contribution in [-0.2, 0) is 4.79 Å². The van der Waals surface area contributed by atoms with Gasteiger partial charge in [-0.25, -0.2) is 0 Å². The Morgan fingerprint density at radius 3 is 2.57 bits per heavy atom. The minimum absolute atomic E-state index is 0.0445. The number of benzene rings is 1. The zero-order chi connectivity index (χ0) is 17.0. The van der Waals surface area contributed by atoms with E-state index in [1.165, 1.54) is 7.11 Å². The molecule has 6 nitrogen and oxygen atoms in total. The van der Waals surface area contributed by atoms with Gasteiger partial charge in [-0.1, -0.05) is 0 Å². The van der Waals surface area contributed by atoms with Crippen LogP contribution in [0.25, 0.3) is 0 Å². The molecule has 2 unspecified atom stereocenters. The first-order chi connectivity index (χ1) is 11.0. The summed E-state index contributed by atoms with van der Waals surface area (Å²) in [5, 5.41) is 9.18. The number of rotatable bonds is 6. The van der Waals surface area contributed by atoms with Gasteiger partial charge in [0, 0.05) is 12.1 Å². The Hall–Kier alpha value is -2.08. The quantitative estimate of drug-likeness (QED) is 0.808. The Kier molecular flexibility index (Phi) is 5.60. The average Bonchev–Trinajstić information content (AvgIpc) is 2.59. The van der Waals surface area contributed by atoms with Gasteiger partial charge in [0.15, 0.2) is 17.3 Å². The van der Waals surface area contributed by atoms with Gasteiger partial charge in [0.2, 0.25) is 0 Å². The maximum absolute atomic E-state index is 12.7. The van der Waals surface area contributed by atoms with Crippen LogP contribution < -0.4 is 9.47 Å². The van der Waals surface area contributed by atoms with Crippen molar-refractivity contribution in [2.75, 3.05) is 27.3 Å². The van der Waals surface area contributed by atoms with Crippen LogP contribution in [0.2, 0.25) is 0 Å². The molecule has 1 aliphatic rings. The molecule has 1 aromatic rings. The van der Waals surface area contributed by atoms with Gasteiger partial charge in [-0.2, -0.15) is 0 Å². The van der Waals surface area contributed by atoms with E-state index in [4.69, 9.17) is 9.47 Å². The number of Topliss-reactive ketones (excluding diaryl/α,β-unsaturated/α-hetero) is 1. The van der Waals surface area contributed by atoms with Crippen molar-refractivity contribution in [3.8, 4) is 11.5 Å². The van der Waals surface area contributed by atoms with Crippen LogP contribution >= 0.6 is 0 Å². The third-order valence-electron chi connectivity index (χ3n) is 4.40. The third kappa shape index (κ3) is 3.82. The summed E-state index contributed by atoms with van der Waals surface area (Å²) >= 11 is 0. The molecule has 1 heterocycles. The Morgan fingerprint density at radius 2 is 1.96 bits per heavy atom. The van der Waals surface area contributed by atoms with Crippen LogP contribution in [-0.4, -0.2) is 55.1 Å². The molecule has 0 amide bonds. The average molecular weight is 321 g/mol. The molecule has 0 spiro atoms. The third-order valence-corrected chi connectivity index (χ3v) is 4.40. The number of carbonyl (C=O) groups excluding carboxylic acids is 1. The van der Waals surface area contributed by atoms with Crippen molar-refractivity contribution in [3.05, 3.63) is 23.8 Å². The molecule has 1 fully saturated rings. The van der Waals surface area contributed by atoms with Crippen LogP contribution in [0.1, 0.15) is 30.1 Å². The van der Waals surface area contributed by atoms with Crippen LogP contribution in [0.15, 0.2) is 18.2 Å². The van der Waals surface area contributed by atoms with E-state index >= 15 is 0 Å². The summed E-state index contributed by atoms with van der Waals surface area (Å²) < 4.78 is 10.4. The number of carboxylic acids is 1. The van der Waals surface area contributed by atoms with E-state index in [1.807, 2.05) is 11.8 Å². The number of hydrogen-bond acceptors (Lipinski definition) is 5. The topological polar surface area (TPSA) is 76.1 Å². The largest absolute Gasteiger partial charge is 0.493 e. The lowest BCUT2D eigenvalue weighted by Gasteiger charge is -2.34. The highest BCUT2D eigenvalue weighted by Gasteiger charge is 2.31. The zero-order valence-corrected chi connectivity index (χ0v) is 13.7. The fourth-order valence-corrected chi connectivity index (χ4v) is 2.96. The highest BCUT2D eigenvalue weighted by atomic mass is 16.5. The lowest BCUT2D eigenvalue weighted by Crippen LogP contribution is -2.46. The van der Waals surface area contributed by atoms with Gasteiger partial charge in [-0.05, 0) is 44.5 Å². The molecule has 1 aliphatic heterocycles. The molecule has 23 heavy (non-hydrogen) atoms. The summed E-state index contributed by atoms with van der Waals surface area (Å²) in [7, 11) is 3.07.